The summed E-state index contributed by atoms with van der Waals surface area (Å²) in [5.74, 6) is -2.58. The van der Waals surface area contributed by atoms with Gasteiger partial charge in [0, 0.05) is 12.1 Å². The molecule has 0 fully saturated rings. The molecule has 0 spiro atoms. The van der Waals surface area contributed by atoms with Gasteiger partial charge in [0.25, 0.3) is 5.69 Å². The van der Waals surface area contributed by atoms with Crippen LogP contribution < -0.4 is 5.32 Å². The molecule has 0 radical (unpaired) electrons. The van der Waals surface area contributed by atoms with Crippen molar-refractivity contribution < 1.29 is 13.7 Å². The summed E-state index contributed by atoms with van der Waals surface area (Å²) in [6.45, 7) is 0. The molecule has 2 aromatic rings. The zero-order valence-electron chi connectivity index (χ0n) is 10.1. The van der Waals surface area contributed by atoms with Gasteiger partial charge in [-0.3, -0.25) is 10.1 Å². The van der Waals surface area contributed by atoms with E-state index in [2.05, 4.69) is 10.3 Å². The predicted octanol–water partition coefficient (Wildman–Crippen LogP) is 5.63. The minimum absolute atomic E-state index is 0.0530. The molecule has 0 aliphatic rings. The smallest absolute Gasteiger partial charge is 0.272 e. The first-order valence-electron chi connectivity index (χ1n) is 5.32. The number of hydrogen-bond donors (Lipinski definition) is 1. The second-order valence-corrected chi connectivity index (χ2v) is 5.43. The first-order chi connectivity index (χ1) is 10.2. The van der Waals surface area contributed by atoms with Gasteiger partial charge in [-0.05, 0) is 0 Å². The van der Waals surface area contributed by atoms with Gasteiger partial charge in [0.05, 0.1) is 26.3 Å². The second-order valence-electron chi connectivity index (χ2n) is 3.86. The molecule has 0 aliphatic heterocycles. The zero-order valence-corrected chi connectivity index (χ0v) is 13.2. The van der Waals surface area contributed by atoms with Gasteiger partial charge in [0.2, 0.25) is 11.9 Å². The van der Waals surface area contributed by atoms with Crippen LogP contribution in [0.25, 0.3) is 0 Å². The van der Waals surface area contributed by atoms with Gasteiger partial charge in [-0.15, -0.1) is 0 Å². The number of halogens is 6. The fraction of sp³-hybridized carbons (Fsp3) is 0. The lowest BCUT2D eigenvalue weighted by molar-refractivity contribution is -0.384. The largest absolute Gasteiger partial charge is 0.350 e. The van der Waals surface area contributed by atoms with Crippen molar-refractivity contribution in [3.8, 4) is 0 Å². The van der Waals surface area contributed by atoms with E-state index in [1.165, 1.54) is 0 Å². The molecule has 2 rings (SSSR count). The van der Waals surface area contributed by atoms with Gasteiger partial charge in [0.15, 0.2) is 0 Å². The van der Waals surface area contributed by atoms with E-state index in [4.69, 9.17) is 46.4 Å². The van der Waals surface area contributed by atoms with Crippen LogP contribution in [0, 0.1) is 22.0 Å². The molecule has 0 aliphatic carbocycles. The Morgan fingerprint density at radius 2 is 1.45 bits per heavy atom. The van der Waals surface area contributed by atoms with Crippen LogP contribution in [0.2, 0.25) is 20.1 Å². The summed E-state index contributed by atoms with van der Waals surface area (Å²) >= 11 is 23.1. The van der Waals surface area contributed by atoms with Crippen LogP contribution >= 0.6 is 46.4 Å². The van der Waals surface area contributed by atoms with Crippen molar-refractivity contribution in [1.82, 2.24) is 4.98 Å². The van der Waals surface area contributed by atoms with Crippen molar-refractivity contribution in [3.63, 3.8) is 0 Å². The number of rotatable bonds is 3. The Hall–Kier alpha value is -1.41. The lowest BCUT2D eigenvalue weighted by atomic mass is 10.2. The third-order valence-corrected chi connectivity index (χ3v) is 3.77. The minimum atomic E-state index is -1.29. The average Bonchev–Trinajstić information content (AvgIpc) is 2.43. The number of benzene rings is 1. The Bertz CT molecular complexity index is 739. The molecule has 11 heteroatoms. The van der Waals surface area contributed by atoms with E-state index in [9.17, 15) is 18.9 Å². The molecule has 0 amide bonds. The van der Waals surface area contributed by atoms with Gasteiger partial charge in [-0.25, -0.2) is 0 Å². The van der Waals surface area contributed by atoms with Crippen molar-refractivity contribution in [2.75, 3.05) is 5.32 Å². The number of non-ortho nitro benzene ring substituents is 1. The molecule has 22 heavy (non-hydrogen) atoms. The van der Waals surface area contributed by atoms with Crippen LogP contribution in [0.4, 0.5) is 25.8 Å². The fourth-order valence-electron chi connectivity index (χ4n) is 1.51. The summed E-state index contributed by atoms with van der Waals surface area (Å²) < 4.78 is 26.7. The fourth-order valence-corrected chi connectivity index (χ4v) is 2.49. The molecular weight excluding hydrogens is 386 g/mol. The van der Waals surface area contributed by atoms with E-state index in [0.29, 0.717) is 0 Å². The van der Waals surface area contributed by atoms with Gasteiger partial charge in [-0.2, -0.15) is 13.8 Å². The molecule has 1 heterocycles. The summed E-state index contributed by atoms with van der Waals surface area (Å²) in [5.41, 5.74) is -0.765. The zero-order chi connectivity index (χ0) is 16.6. The molecule has 1 N–H and O–H groups in total. The minimum Gasteiger partial charge on any atom is -0.350 e. The Morgan fingerprint density at radius 1 is 1.00 bits per heavy atom. The SMILES string of the molecule is O=[N+]([O-])c1cc(Cl)c(Nc2c(Cl)c(F)nc(F)c2Cl)c(Cl)c1. The average molecular weight is 389 g/mol. The Balaban J connectivity index is 2.55. The van der Waals surface area contributed by atoms with Crippen LogP contribution in [0.1, 0.15) is 0 Å². The Morgan fingerprint density at radius 3 is 1.86 bits per heavy atom. The van der Waals surface area contributed by atoms with Crippen molar-refractivity contribution in [2.45, 2.75) is 0 Å². The topological polar surface area (TPSA) is 68.1 Å². The van der Waals surface area contributed by atoms with E-state index < -0.39 is 26.9 Å². The number of aromatic nitrogens is 1. The van der Waals surface area contributed by atoms with E-state index in [1.54, 1.807) is 0 Å². The van der Waals surface area contributed by atoms with Crippen LogP contribution in [0.15, 0.2) is 12.1 Å². The van der Waals surface area contributed by atoms with Crippen LogP contribution in [-0.2, 0) is 0 Å². The third-order valence-electron chi connectivity index (χ3n) is 2.49. The number of nitrogens with one attached hydrogen (secondary N) is 1. The molecule has 5 nitrogen and oxygen atoms in total. The van der Waals surface area contributed by atoms with Gasteiger partial charge >= 0.3 is 0 Å². The molecule has 1 aromatic heterocycles. The molecular formula is C11H3Cl4F2N3O2. The molecule has 0 unspecified atom stereocenters. The maximum absolute atomic E-state index is 13.4. The Kier molecular flexibility index (Phi) is 4.91. The molecule has 116 valence electrons. The van der Waals surface area contributed by atoms with Crippen molar-refractivity contribution >= 4 is 63.5 Å². The number of anilines is 2. The number of hydrogen-bond acceptors (Lipinski definition) is 4. The van der Waals surface area contributed by atoms with Gasteiger partial charge in [-0.1, -0.05) is 46.4 Å². The third kappa shape index (κ3) is 3.17. The van der Waals surface area contributed by atoms with Crippen molar-refractivity contribution in [3.05, 3.63) is 54.2 Å². The van der Waals surface area contributed by atoms with Crippen LogP contribution in [-0.4, -0.2) is 9.91 Å². The molecule has 1 aromatic carbocycles. The molecule has 0 saturated carbocycles. The standard InChI is InChI=1S/C11H3Cl4F2N3O2/c12-4-1-3(20(21)22)2-5(13)8(4)18-9-6(14)10(16)19-11(17)7(9)15/h1-2H,(H,18,19). The molecule has 0 saturated heterocycles. The highest BCUT2D eigenvalue weighted by atomic mass is 35.5. The number of nitrogens with zero attached hydrogens (tertiary/aromatic N) is 2. The first kappa shape index (κ1) is 17.0. The summed E-state index contributed by atoms with van der Waals surface area (Å²) in [7, 11) is 0. The van der Waals surface area contributed by atoms with Crippen LogP contribution in [0.5, 0.6) is 0 Å². The van der Waals surface area contributed by atoms with Crippen molar-refractivity contribution in [1.29, 1.82) is 0 Å². The summed E-state index contributed by atoms with van der Waals surface area (Å²) in [4.78, 5) is 12.9. The van der Waals surface area contributed by atoms with E-state index in [0.717, 1.165) is 12.1 Å². The van der Waals surface area contributed by atoms with Crippen LogP contribution in [0.3, 0.4) is 0 Å². The van der Waals surface area contributed by atoms with E-state index in [1.807, 2.05) is 0 Å². The van der Waals surface area contributed by atoms with Gasteiger partial charge < -0.3 is 5.32 Å². The van der Waals surface area contributed by atoms with E-state index >= 15 is 0 Å². The van der Waals surface area contributed by atoms with Gasteiger partial charge in [0.1, 0.15) is 10.0 Å². The Labute approximate surface area is 141 Å². The number of pyridine rings is 1. The van der Waals surface area contributed by atoms with E-state index in [-0.39, 0.29) is 27.1 Å². The summed E-state index contributed by atoms with van der Waals surface area (Å²) in [5, 5.41) is 11.6. The summed E-state index contributed by atoms with van der Waals surface area (Å²) in [6, 6.07) is 2.01. The normalized spacial score (nSPS) is 10.6. The van der Waals surface area contributed by atoms with Crippen molar-refractivity contribution in [2.24, 2.45) is 0 Å². The molecule has 0 atom stereocenters. The monoisotopic (exact) mass is 387 g/mol. The number of nitro benzene ring substituents is 1. The highest BCUT2D eigenvalue weighted by Gasteiger charge is 2.21. The lowest BCUT2D eigenvalue weighted by Gasteiger charge is -2.13. The maximum Gasteiger partial charge on any atom is 0.272 e. The predicted molar refractivity (Wildman–Crippen MR) is 80.6 cm³/mol. The lowest BCUT2D eigenvalue weighted by Crippen LogP contribution is -2.01. The highest BCUT2D eigenvalue weighted by molar-refractivity contribution is 6.41. The highest BCUT2D eigenvalue weighted by Crippen LogP contribution is 2.41. The molecule has 0 bridgehead atoms. The number of nitro groups is 1. The maximum atomic E-state index is 13.4. The first-order valence-corrected chi connectivity index (χ1v) is 6.84. The second kappa shape index (κ2) is 6.37. The summed E-state index contributed by atoms with van der Waals surface area (Å²) in [6.07, 6.45) is 0. The quantitative estimate of drug-likeness (QED) is 0.420.